The fourth-order valence-corrected chi connectivity index (χ4v) is 2.11. The van der Waals surface area contributed by atoms with E-state index in [4.69, 9.17) is 17.3 Å². The third kappa shape index (κ3) is 1.18. The molecule has 0 unspecified atom stereocenters. The van der Waals surface area contributed by atoms with E-state index in [-0.39, 0.29) is 5.95 Å². The number of thiophene rings is 1. The van der Waals surface area contributed by atoms with Gasteiger partial charge in [0.25, 0.3) is 0 Å². The quantitative estimate of drug-likeness (QED) is 0.582. The van der Waals surface area contributed by atoms with Gasteiger partial charge in [-0.2, -0.15) is 0 Å². The summed E-state index contributed by atoms with van der Waals surface area (Å²) in [7, 11) is 0. The third-order valence-electron chi connectivity index (χ3n) is 1.86. The van der Waals surface area contributed by atoms with Crippen LogP contribution < -0.4 is 17.3 Å². The molecule has 74 valence electrons. The lowest BCUT2D eigenvalue weighted by Gasteiger charge is -1.98. The van der Waals surface area contributed by atoms with Gasteiger partial charge in [-0.15, -0.1) is 21.5 Å². The van der Waals surface area contributed by atoms with Gasteiger partial charge in [0.2, 0.25) is 5.95 Å². The molecular weight excluding hydrogens is 200 g/mol. The molecule has 0 amide bonds. The van der Waals surface area contributed by atoms with E-state index < -0.39 is 0 Å². The first kappa shape index (κ1) is 8.82. The Morgan fingerprint density at radius 3 is 2.50 bits per heavy atom. The van der Waals surface area contributed by atoms with Gasteiger partial charge < -0.3 is 17.3 Å². The first-order valence-electron chi connectivity index (χ1n) is 3.92. The summed E-state index contributed by atoms with van der Waals surface area (Å²) in [5.74, 6) is 6.37. The Morgan fingerprint density at radius 1 is 1.36 bits per heavy atom. The Hall–Kier alpha value is -1.76. The Balaban J connectivity index is 2.59. The van der Waals surface area contributed by atoms with E-state index in [0.717, 1.165) is 15.4 Å². The first-order valence-corrected chi connectivity index (χ1v) is 4.73. The molecule has 0 aromatic carbocycles. The monoisotopic (exact) mass is 210 g/mol. The van der Waals surface area contributed by atoms with Gasteiger partial charge >= 0.3 is 0 Å². The third-order valence-corrected chi connectivity index (χ3v) is 2.92. The van der Waals surface area contributed by atoms with Crippen LogP contribution in [0, 0.1) is 6.92 Å². The summed E-state index contributed by atoms with van der Waals surface area (Å²) >= 11 is 1.41. The molecule has 2 aromatic heterocycles. The lowest BCUT2D eigenvalue weighted by atomic mass is 10.3. The predicted molar refractivity (Wildman–Crippen MR) is 57.0 cm³/mol. The molecule has 7 heteroatoms. The van der Waals surface area contributed by atoms with Crippen LogP contribution in [0.2, 0.25) is 0 Å². The molecule has 0 atom stereocenters. The number of aromatic nitrogens is 3. The van der Waals surface area contributed by atoms with E-state index in [9.17, 15) is 0 Å². The van der Waals surface area contributed by atoms with Crippen molar-refractivity contribution in [3.63, 3.8) is 0 Å². The van der Waals surface area contributed by atoms with Gasteiger partial charge in [-0.1, -0.05) is 0 Å². The van der Waals surface area contributed by atoms with Crippen molar-refractivity contribution in [3.05, 3.63) is 11.6 Å². The SMILES string of the molecule is Cc1cc(N)sc1-c1nnc(N)n1N. The maximum atomic E-state index is 5.66. The van der Waals surface area contributed by atoms with E-state index in [1.54, 1.807) is 0 Å². The fourth-order valence-electron chi connectivity index (χ4n) is 1.19. The molecule has 0 bridgehead atoms. The van der Waals surface area contributed by atoms with Gasteiger partial charge in [0, 0.05) is 0 Å². The number of hydrogen-bond acceptors (Lipinski definition) is 6. The minimum absolute atomic E-state index is 0.186. The van der Waals surface area contributed by atoms with E-state index >= 15 is 0 Å². The van der Waals surface area contributed by atoms with Gasteiger partial charge in [-0.25, -0.2) is 4.68 Å². The van der Waals surface area contributed by atoms with Crippen LogP contribution in [0.15, 0.2) is 6.07 Å². The maximum Gasteiger partial charge on any atom is 0.241 e. The van der Waals surface area contributed by atoms with E-state index in [0.29, 0.717) is 5.82 Å². The topological polar surface area (TPSA) is 109 Å². The summed E-state index contributed by atoms with van der Waals surface area (Å²) in [5, 5.41) is 8.27. The van der Waals surface area contributed by atoms with Crippen LogP contribution in [0.3, 0.4) is 0 Å². The molecule has 0 aliphatic carbocycles. The van der Waals surface area contributed by atoms with Crippen LogP contribution in [0.4, 0.5) is 10.9 Å². The second-order valence-electron chi connectivity index (χ2n) is 2.91. The average molecular weight is 210 g/mol. The second kappa shape index (κ2) is 2.88. The zero-order chi connectivity index (χ0) is 10.3. The number of hydrogen-bond donors (Lipinski definition) is 3. The Morgan fingerprint density at radius 2 is 2.07 bits per heavy atom. The van der Waals surface area contributed by atoms with Gasteiger partial charge in [0.1, 0.15) is 0 Å². The molecule has 0 fully saturated rings. The van der Waals surface area contributed by atoms with Gasteiger partial charge in [0.05, 0.1) is 9.88 Å². The zero-order valence-corrected chi connectivity index (χ0v) is 8.38. The summed E-state index contributed by atoms with van der Waals surface area (Å²) in [6.07, 6.45) is 0. The van der Waals surface area contributed by atoms with Crippen LogP contribution in [0.1, 0.15) is 5.56 Å². The molecule has 2 aromatic rings. The largest absolute Gasteiger partial charge is 0.391 e. The fraction of sp³-hybridized carbons (Fsp3) is 0.143. The number of nitrogens with zero attached hydrogens (tertiary/aromatic N) is 3. The summed E-state index contributed by atoms with van der Waals surface area (Å²) in [6.45, 7) is 1.94. The number of rotatable bonds is 1. The van der Waals surface area contributed by atoms with Crippen molar-refractivity contribution in [3.8, 4) is 10.7 Å². The molecule has 6 nitrogen and oxygen atoms in total. The van der Waals surface area contributed by atoms with Crippen LogP contribution in [0.25, 0.3) is 10.7 Å². The molecule has 2 rings (SSSR count). The van der Waals surface area contributed by atoms with E-state index in [1.807, 2.05) is 13.0 Å². The molecule has 0 aliphatic heterocycles. The molecule has 0 saturated heterocycles. The van der Waals surface area contributed by atoms with Crippen LogP contribution >= 0.6 is 11.3 Å². The van der Waals surface area contributed by atoms with Crippen molar-refractivity contribution in [1.29, 1.82) is 0 Å². The smallest absolute Gasteiger partial charge is 0.241 e. The molecule has 6 N–H and O–H groups in total. The minimum Gasteiger partial charge on any atom is -0.391 e. The van der Waals surface area contributed by atoms with Crippen molar-refractivity contribution < 1.29 is 0 Å². The Bertz CT molecular complexity index is 470. The standard InChI is InChI=1S/C7H10N6S/c1-3-2-4(8)14-5(3)6-11-12-7(9)13(6)10/h2H,8,10H2,1H3,(H2,9,12). The van der Waals surface area contributed by atoms with Crippen LogP contribution in [0.5, 0.6) is 0 Å². The summed E-state index contributed by atoms with van der Waals surface area (Å²) in [6, 6.07) is 1.87. The van der Waals surface area contributed by atoms with Gasteiger partial charge in [0.15, 0.2) is 5.82 Å². The second-order valence-corrected chi connectivity index (χ2v) is 4.00. The molecule has 0 spiro atoms. The lowest BCUT2D eigenvalue weighted by Crippen LogP contribution is -2.13. The number of nitrogens with two attached hydrogens (primary N) is 3. The Labute approximate surface area is 84.3 Å². The van der Waals surface area contributed by atoms with E-state index in [1.165, 1.54) is 16.0 Å². The van der Waals surface area contributed by atoms with Gasteiger partial charge in [-0.05, 0) is 18.6 Å². The van der Waals surface area contributed by atoms with Crippen LogP contribution in [-0.4, -0.2) is 14.9 Å². The molecule has 0 radical (unpaired) electrons. The lowest BCUT2D eigenvalue weighted by molar-refractivity contribution is 1.02. The number of nitrogen functional groups attached to an aromatic ring is 3. The van der Waals surface area contributed by atoms with Crippen molar-refractivity contribution in [2.45, 2.75) is 6.92 Å². The first-order chi connectivity index (χ1) is 6.59. The van der Waals surface area contributed by atoms with Crippen molar-refractivity contribution >= 4 is 22.3 Å². The Kier molecular flexibility index (Phi) is 1.81. The molecule has 0 aliphatic rings. The minimum atomic E-state index is 0.186. The highest BCUT2D eigenvalue weighted by molar-refractivity contribution is 7.19. The number of aryl methyl sites for hydroxylation is 1. The van der Waals surface area contributed by atoms with E-state index in [2.05, 4.69) is 10.2 Å². The molecule has 14 heavy (non-hydrogen) atoms. The summed E-state index contributed by atoms with van der Waals surface area (Å²) in [5.41, 5.74) is 12.2. The molecular formula is C7H10N6S. The highest BCUT2D eigenvalue weighted by Gasteiger charge is 2.14. The normalized spacial score (nSPS) is 10.6. The van der Waals surface area contributed by atoms with Gasteiger partial charge in [-0.3, -0.25) is 0 Å². The van der Waals surface area contributed by atoms with Crippen molar-refractivity contribution in [2.24, 2.45) is 0 Å². The summed E-state index contributed by atoms with van der Waals surface area (Å²) in [4.78, 5) is 0.897. The van der Waals surface area contributed by atoms with Crippen molar-refractivity contribution in [1.82, 2.24) is 14.9 Å². The number of anilines is 2. The van der Waals surface area contributed by atoms with Crippen molar-refractivity contribution in [2.75, 3.05) is 17.3 Å². The van der Waals surface area contributed by atoms with Crippen LogP contribution in [-0.2, 0) is 0 Å². The highest BCUT2D eigenvalue weighted by atomic mass is 32.1. The average Bonchev–Trinajstić information content (AvgIpc) is 2.59. The maximum absolute atomic E-state index is 5.66. The molecule has 0 saturated carbocycles. The zero-order valence-electron chi connectivity index (χ0n) is 7.56. The predicted octanol–water partition coefficient (Wildman–Crippen LogP) is 0.193. The summed E-state index contributed by atoms with van der Waals surface area (Å²) < 4.78 is 1.25. The molecule has 2 heterocycles. The highest BCUT2D eigenvalue weighted by Crippen LogP contribution is 2.32.